The van der Waals surface area contributed by atoms with E-state index in [0.717, 1.165) is 0 Å². The van der Waals surface area contributed by atoms with Gasteiger partial charge in [0.1, 0.15) is 0 Å². The summed E-state index contributed by atoms with van der Waals surface area (Å²) in [6, 6.07) is 1.43. The highest BCUT2D eigenvalue weighted by Crippen LogP contribution is 2.03. The number of carbonyl (C=O) groups excluding carboxylic acids is 1. The number of aliphatic hydroxyl groups excluding tert-OH is 1. The lowest BCUT2D eigenvalue weighted by Crippen LogP contribution is -2.19. The Morgan fingerprint density at radius 1 is 1.67 bits per heavy atom. The molecule has 0 unspecified atom stereocenters. The SMILES string of the molecule is COC(=O)c1c[nH]c(=O)c(C[C@@H](C)O)c1. The van der Waals surface area contributed by atoms with Crippen LogP contribution in [0.25, 0.3) is 0 Å². The van der Waals surface area contributed by atoms with E-state index in [4.69, 9.17) is 5.11 Å². The molecule has 0 aliphatic carbocycles. The summed E-state index contributed by atoms with van der Waals surface area (Å²) in [5, 5.41) is 9.15. The maximum atomic E-state index is 11.3. The number of methoxy groups -OCH3 is 1. The van der Waals surface area contributed by atoms with E-state index in [-0.39, 0.29) is 17.5 Å². The molecular weight excluding hydrogens is 198 g/mol. The average molecular weight is 211 g/mol. The fourth-order valence-electron chi connectivity index (χ4n) is 1.24. The Bertz CT molecular complexity index is 408. The lowest BCUT2D eigenvalue weighted by Gasteiger charge is -2.04. The molecule has 1 aromatic rings. The minimum atomic E-state index is -0.626. The van der Waals surface area contributed by atoms with Crippen molar-refractivity contribution >= 4 is 5.97 Å². The van der Waals surface area contributed by atoms with Crippen LogP contribution in [0.3, 0.4) is 0 Å². The Labute approximate surface area is 86.7 Å². The lowest BCUT2D eigenvalue weighted by molar-refractivity contribution is 0.0600. The molecule has 0 saturated heterocycles. The van der Waals surface area contributed by atoms with E-state index in [1.165, 1.54) is 19.4 Å². The Hall–Kier alpha value is -1.62. The molecule has 1 rings (SSSR count). The summed E-state index contributed by atoms with van der Waals surface area (Å²) < 4.78 is 4.51. The third kappa shape index (κ3) is 2.92. The van der Waals surface area contributed by atoms with Crippen molar-refractivity contribution in [3.05, 3.63) is 33.7 Å². The number of ether oxygens (including phenoxy) is 1. The molecule has 0 spiro atoms. The number of nitrogens with one attached hydrogen (secondary N) is 1. The number of aromatic nitrogens is 1. The summed E-state index contributed by atoms with van der Waals surface area (Å²) in [5.74, 6) is -0.516. The largest absolute Gasteiger partial charge is 0.465 e. The molecule has 5 nitrogen and oxygen atoms in total. The Balaban J connectivity index is 3.05. The van der Waals surface area contributed by atoms with Crippen molar-refractivity contribution in [3.63, 3.8) is 0 Å². The van der Waals surface area contributed by atoms with E-state index >= 15 is 0 Å². The zero-order valence-electron chi connectivity index (χ0n) is 8.61. The van der Waals surface area contributed by atoms with Gasteiger partial charge in [-0.1, -0.05) is 0 Å². The van der Waals surface area contributed by atoms with Gasteiger partial charge in [-0.2, -0.15) is 0 Å². The first kappa shape index (κ1) is 11.5. The maximum Gasteiger partial charge on any atom is 0.339 e. The lowest BCUT2D eigenvalue weighted by atomic mass is 10.1. The molecule has 0 bridgehead atoms. The van der Waals surface area contributed by atoms with Gasteiger partial charge < -0.3 is 14.8 Å². The minimum Gasteiger partial charge on any atom is -0.465 e. The third-order valence-corrected chi connectivity index (χ3v) is 1.92. The molecule has 82 valence electrons. The zero-order valence-corrected chi connectivity index (χ0v) is 8.61. The molecule has 0 aliphatic rings. The number of hydrogen-bond donors (Lipinski definition) is 2. The Morgan fingerprint density at radius 2 is 2.33 bits per heavy atom. The van der Waals surface area contributed by atoms with Crippen LogP contribution in [0.5, 0.6) is 0 Å². The van der Waals surface area contributed by atoms with Crippen LogP contribution in [0.1, 0.15) is 22.8 Å². The molecule has 0 aromatic carbocycles. The molecular formula is C10H13NO4. The Morgan fingerprint density at radius 3 is 2.87 bits per heavy atom. The van der Waals surface area contributed by atoms with Crippen LogP contribution in [-0.4, -0.2) is 29.3 Å². The van der Waals surface area contributed by atoms with Gasteiger partial charge in [-0.3, -0.25) is 4.79 Å². The van der Waals surface area contributed by atoms with Crippen LogP contribution in [-0.2, 0) is 11.2 Å². The van der Waals surface area contributed by atoms with E-state index in [9.17, 15) is 9.59 Å². The second-order valence-electron chi connectivity index (χ2n) is 3.29. The van der Waals surface area contributed by atoms with Gasteiger partial charge in [-0.25, -0.2) is 4.79 Å². The number of aromatic amines is 1. The number of aliphatic hydroxyl groups is 1. The van der Waals surface area contributed by atoms with Crippen molar-refractivity contribution < 1.29 is 14.6 Å². The van der Waals surface area contributed by atoms with Gasteiger partial charge in [0.15, 0.2) is 0 Å². The maximum absolute atomic E-state index is 11.3. The number of hydrogen-bond acceptors (Lipinski definition) is 4. The first-order valence-electron chi connectivity index (χ1n) is 4.52. The fraction of sp³-hybridized carbons (Fsp3) is 0.400. The third-order valence-electron chi connectivity index (χ3n) is 1.92. The fourth-order valence-corrected chi connectivity index (χ4v) is 1.24. The number of esters is 1. The molecule has 1 atom stereocenters. The van der Waals surface area contributed by atoms with Gasteiger partial charge in [0.25, 0.3) is 5.56 Å². The average Bonchev–Trinajstić information content (AvgIpc) is 2.19. The van der Waals surface area contributed by atoms with Crippen molar-refractivity contribution in [2.24, 2.45) is 0 Å². The monoisotopic (exact) mass is 211 g/mol. The van der Waals surface area contributed by atoms with Crippen LogP contribution < -0.4 is 5.56 Å². The van der Waals surface area contributed by atoms with Crippen LogP contribution >= 0.6 is 0 Å². The number of rotatable bonds is 3. The van der Waals surface area contributed by atoms with Gasteiger partial charge >= 0.3 is 5.97 Å². The van der Waals surface area contributed by atoms with E-state index < -0.39 is 12.1 Å². The Kier molecular flexibility index (Phi) is 3.62. The van der Waals surface area contributed by atoms with Crippen LogP contribution in [0.4, 0.5) is 0 Å². The number of H-pyrrole nitrogens is 1. The topological polar surface area (TPSA) is 79.4 Å². The molecule has 0 amide bonds. The highest BCUT2D eigenvalue weighted by Gasteiger charge is 2.10. The molecule has 0 saturated carbocycles. The standard InChI is InChI=1S/C10H13NO4/c1-6(12)3-7-4-8(10(14)15-2)5-11-9(7)13/h4-6,12H,3H2,1-2H3,(H,11,13)/t6-/m1/s1. The van der Waals surface area contributed by atoms with Gasteiger partial charge in [0.2, 0.25) is 0 Å². The molecule has 0 fully saturated rings. The molecule has 5 heteroatoms. The van der Waals surface area contributed by atoms with Crippen molar-refractivity contribution in [1.29, 1.82) is 0 Å². The summed E-state index contributed by atoms with van der Waals surface area (Å²) >= 11 is 0. The quantitative estimate of drug-likeness (QED) is 0.694. The molecule has 1 aromatic heterocycles. The molecule has 0 aliphatic heterocycles. The summed E-state index contributed by atoms with van der Waals surface area (Å²) in [6.45, 7) is 1.57. The van der Waals surface area contributed by atoms with E-state index in [1.54, 1.807) is 6.92 Å². The molecule has 2 N–H and O–H groups in total. The summed E-state index contributed by atoms with van der Waals surface area (Å²) in [5.41, 5.74) is 0.337. The van der Waals surface area contributed by atoms with Crippen molar-refractivity contribution in [2.75, 3.05) is 7.11 Å². The predicted octanol–water partition coefficient (Wildman–Crippen LogP) is 0.0848. The summed E-state index contributed by atoms with van der Waals surface area (Å²) in [7, 11) is 1.27. The first-order valence-corrected chi connectivity index (χ1v) is 4.52. The second-order valence-corrected chi connectivity index (χ2v) is 3.29. The van der Waals surface area contributed by atoms with E-state index in [1.807, 2.05) is 0 Å². The number of carbonyl (C=O) groups is 1. The van der Waals surface area contributed by atoms with Gasteiger partial charge in [0, 0.05) is 18.2 Å². The summed E-state index contributed by atoms with van der Waals surface area (Å²) in [4.78, 5) is 24.9. The van der Waals surface area contributed by atoms with Crippen LogP contribution in [0.15, 0.2) is 17.1 Å². The first-order chi connectivity index (χ1) is 7.04. The molecule has 15 heavy (non-hydrogen) atoms. The minimum absolute atomic E-state index is 0.208. The van der Waals surface area contributed by atoms with Crippen molar-refractivity contribution in [2.45, 2.75) is 19.4 Å². The van der Waals surface area contributed by atoms with Crippen molar-refractivity contribution in [3.8, 4) is 0 Å². The van der Waals surface area contributed by atoms with Gasteiger partial charge in [-0.15, -0.1) is 0 Å². The zero-order chi connectivity index (χ0) is 11.4. The van der Waals surface area contributed by atoms with E-state index in [0.29, 0.717) is 5.56 Å². The van der Waals surface area contributed by atoms with E-state index in [2.05, 4.69) is 9.72 Å². The number of pyridine rings is 1. The van der Waals surface area contributed by atoms with Gasteiger partial charge in [0.05, 0.1) is 18.8 Å². The molecule has 0 radical (unpaired) electrons. The van der Waals surface area contributed by atoms with Crippen LogP contribution in [0, 0.1) is 0 Å². The van der Waals surface area contributed by atoms with Gasteiger partial charge in [-0.05, 0) is 13.0 Å². The highest BCUT2D eigenvalue weighted by molar-refractivity contribution is 5.89. The summed E-state index contributed by atoms with van der Waals surface area (Å²) in [6.07, 6.45) is 0.874. The predicted molar refractivity (Wildman–Crippen MR) is 53.8 cm³/mol. The van der Waals surface area contributed by atoms with Crippen LogP contribution in [0.2, 0.25) is 0 Å². The smallest absolute Gasteiger partial charge is 0.339 e. The highest BCUT2D eigenvalue weighted by atomic mass is 16.5. The normalized spacial score (nSPS) is 12.2. The molecule has 1 heterocycles. The van der Waals surface area contributed by atoms with Crippen molar-refractivity contribution in [1.82, 2.24) is 4.98 Å². The second kappa shape index (κ2) is 4.75.